The molecule has 0 aliphatic carbocycles. The van der Waals surface area contributed by atoms with E-state index in [-0.39, 0.29) is 5.91 Å². The summed E-state index contributed by atoms with van der Waals surface area (Å²) in [6.07, 6.45) is 0. The first-order chi connectivity index (χ1) is 13.7. The fourth-order valence-electron chi connectivity index (χ4n) is 2.89. The largest absolute Gasteiger partial charge is 0.455 e. The molecule has 0 spiro atoms. The Morgan fingerprint density at radius 3 is 2.29 bits per heavy atom. The maximum absolute atomic E-state index is 13.0. The zero-order valence-electron chi connectivity index (χ0n) is 15.3. The summed E-state index contributed by atoms with van der Waals surface area (Å²) in [5.74, 6) is 1.40. The van der Waals surface area contributed by atoms with E-state index >= 15 is 0 Å². The molecule has 1 aromatic heterocycles. The predicted octanol–water partition coefficient (Wildman–Crippen LogP) is 5.69. The highest BCUT2D eigenvalue weighted by molar-refractivity contribution is 6.09. The van der Waals surface area contributed by atoms with E-state index in [0.29, 0.717) is 34.2 Å². The molecule has 0 aliphatic rings. The molecule has 0 saturated heterocycles. The van der Waals surface area contributed by atoms with E-state index in [1.165, 1.54) is 0 Å². The van der Waals surface area contributed by atoms with Gasteiger partial charge in [-0.1, -0.05) is 65.8 Å². The first-order valence-electron chi connectivity index (χ1n) is 8.87. The first-order valence-corrected chi connectivity index (χ1v) is 8.87. The second-order valence-corrected chi connectivity index (χ2v) is 6.19. The second kappa shape index (κ2) is 7.80. The molecular weight excluding hydrogens is 352 g/mol. The average Bonchev–Trinajstić information content (AvgIpc) is 3.12. The van der Waals surface area contributed by atoms with Gasteiger partial charge in [0.2, 0.25) is 0 Å². The van der Waals surface area contributed by atoms with Crippen molar-refractivity contribution in [3.05, 3.63) is 96.3 Å². The van der Waals surface area contributed by atoms with E-state index in [9.17, 15) is 4.79 Å². The van der Waals surface area contributed by atoms with Gasteiger partial charge in [0.25, 0.3) is 5.91 Å². The van der Waals surface area contributed by atoms with Gasteiger partial charge in [-0.2, -0.15) is 0 Å². The molecule has 0 aliphatic heterocycles. The zero-order valence-corrected chi connectivity index (χ0v) is 15.3. The molecule has 0 bridgehead atoms. The van der Waals surface area contributed by atoms with E-state index in [1.807, 2.05) is 72.8 Å². The van der Waals surface area contributed by atoms with Crippen LogP contribution in [-0.2, 0) is 0 Å². The van der Waals surface area contributed by atoms with Gasteiger partial charge >= 0.3 is 0 Å². The number of aryl methyl sites for hydroxylation is 1. The Bertz CT molecular complexity index is 1090. The van der Waals surface area contributed by atoms with Gasteiger partial charge in [-0.25, -0.2) is 0 Å². The molecule has 28 heavy (non-hydrogen) atoms. The molecule has 138 valence electrons. The number of carbonyl (C=O) groups is 1. The van der Waals surface area contributed by atoms with Crippen molar-refractivity contribution in [2.24, 2.45) is 0 Å². The van der Waals surface area contributed by atoms with Crippen LogP contribution < -0.4 is 10.1 Å². The molecule has 0 unspecified atom stereocenters. The standard InChI is InChI=1S/C23H18N2O3/c1-16-21(22(25-28-16)17-10-4-2-5-11-17)23(26)24-19-14-8-9-15-20(19)27-18-12-6-3-7-13-18/h2-15H,1H3,(H,24,26). The van der Waals surface area contributed by atoms with Crippen molar-refractivity contribution < 1.29 is 14.1 Å². The van der Waals surface area contributed by atoms with Gasteiger partial charge in [0.05, 0.1) is 5.69 Å². The summed E-state index contributed by atoms with van der Waals surface area (Å²) in [6.45, 7) is 1.72. The van der Waals surface area contributed by atoms with Crippen molar-refractivity contribution in [2.45, 2.75) is 6.92 Å². The number of hydrogen-bond acceptors (Lipinski definition) is 4. The van der Waals surface area contributed by atoms with E-state index in [0.717, 1.165) is 5.56 Å². The molecule has 0 saturated carbocycles. The van der Waals surface area contributed by atoms with E-state index in [4.69, 9.17) is 9.26 Å². The van der Waals surface area contributed by atoms with E-state index < -0.39 is 0 Å². The van der Waals surface area contributed by atoms with Crippen LogP contribution in [0.3, 0.4) is 0 Å². The summed E-state index contributed by atoms with van der Waals surface area (Å²) in [5, 5.41) is 6.99. The van der Waals surface area contributed by atoms with Crippen LogP contribution in [0, 0.1) is 6.92 Å². The number of amides is 1. The van der Waals surface area contributed by atoms with Crippen LogP contribution in [0.25, 0.3) is 11.3 Å². The SMILES string of the molecule is Cc1onc(-c2ccccc2)c1C(=O)Nc1ccccc1Oc1ccccc1. The summed E-state index contributed by atoms with van der Waals surface area (Å²) >= 11 is 0. The summed E-state index contributed by atoms with van der Waals surface area (Å²) in [6, 6.07) is 26.2. The normalized spacial score (nSPS) is 10.5. The van der Waals surface area contributed by atoms with Crippen LogP contribution in [-0.4, -0.2) is 11.1 Å². The summed E-state index contributed by atoms with van der Waals surface area (Å²) in [4.78, 5) is 13.0. The van der Waals surface area contributed by atoms with Crippen LogP contribution in [0.4, 0.5) is 5.69 Å². The van der Waals surface area contributed by atoms with Crippen LogP contribution in [0.15, 0.2) is 89.5 Å². The van der Waals surface area contributed by atoms with Crippen molar-refractivity contribution in [3.8, 4) is 22.8 Å². The molecule has 1 heterocycles. The lowest BCUT2D eigenvalue weighted by Crippen LogP contribution is -2.14. The molecule has 3 aromatic carbocycles. The van der Waals surface area contributed by atoms with Crippen LogP contribution in [0.1, 0.15) is 16.1 Å². The number of rotatable bonds is 5. The van der Waals surface area contributed by atoms with Crippen molar-refractivity contribution in [1.29, 1.82) is 0 Å². The molecule has 5 nitrogen and oxygen atoms in total. The fourth-order valence-corrected chi connectivity index (χ4v) is 2.89. The third-order valence-corrected chi connectivity index (χ3v) is 4.24. The quantitative estimate of drug-likeness (QED) is 0.490. The van der Waals surface area contributed by atoms with Crippen LogP contribution in [0.2, 0.25) is 0 Å². The number of benzene rings is 3. The molecule has 4 rings (SSSR count). The van der Waals surface area contributed by atoms with Gasteiger partial charge in [0.1, 0.15) is 22.8 Å². The monoisotopic (exact) mass is 370 g/mol. The molecule has 1 N–H and O–H groups in total. The lowest BCUT2D eigenvalue weighted by atomic mass is 10.1. The van der Waals surface area contributed by atoms with Gasteiger partial charge in [-0.15, -0.1) is 0 Å². The molecule has 0 atom stereocenters. The highest BCUT2D eigenvalue weighted by atomic mass is 16.5. The fraction of sp³-hybridized carbons (Fsp3) is 0.0435. The highest BCUT2D eigenvalue weighted by Gasteiger charge is 2.22. The van der Waals surface area contributed by atoms with Gasteiger partial charge in [-0.05, 0) is 31.2 Å². The minimum Gasteiger partial charge on any atom is -0.455 e. The zero-order chi connectivity index (χ0) is 19.3. The number of aromatic nitrogens is 1. The minimum absolute atomic E-state index is 0.304. The first kappa shape index (κ1) is 17.5. The smallest absolute Gasteiger partial charge is 0.261 e. The highest BCUT2D eigenvalue weighted by Crippen LogP contribution is 2.31. The number of nitrogens with one attached hydrogen (secondary N) is 1. The van der Waals surface area contributed by atoms with Crippen LogP contribution in [0.5, 0.6) is 11.5 Å². The Kier molecular flexibility index (Phi) is 4.89. The Morgan fingerprint density at radius 2 is 1.54 bits per heavy atom. The number of hydrogen-bond donors (Lipinski definition) is 1. The third-order valence-electron chi connectivity index (χ3n) is 4.24. The third kappa shape index (κ3) is 3.64. The van der Waals surface area contributed by atoms with Crippen molar-refractivity contribution >= 4 is 11.6 Å². The maximum atomic E-state index is 13.0. The molecular formula is C23H18N2O3. The summed E-state index contributed by atoms with van der Waals surface area (Å²) in [5.41, 5.74) is 2.30. The van der Waals surface area contributed by atoms with E-state index in [2.05, 4.69) is 10.5 Å². The molecule has 5 heteroatoms. The lowest BCUT2D eigenvalue weighted by molar-refractivity contribution is 0.102. The minimum atomic E-state index is -0.304. The number of para-hydroxylation sites is 3. The summed E-state index contributed by atoms with van der Waals surface area (Å²) < 4.78 is 11.2. The van der Waals surface area contributed by atoms with Gasteiger partial charge < -0.3 is 14.6 Å². The Balaban J connectivity index is 1.63. The van der Waals surface area contributed by atoms with Gasteiger partial charge in [0, 0.05) is 5.56 Å². The average molecular weight is 370 g/mol. The molecule has 1 amide bonds. The van der Waals surface area contributed by atoms with Crippen molar-refractivity contribution in [2.75, 3.05) is 5.32 Å². The lowest BCUT2D eigenvalue weighted by Gasteiger charge is -2.12. The maximum Gasteiger partial charge on any atom is 0.261 e. The Morgan fingerprint density at radius 1 is 0.893 bits per heavy atom. The van der Waals surface area contributed by atoms with Gasteiger partial charge in [0.15, 0.2) is 5.75 Å². The number of carbonyl (C=O) groups excluding carboxylic acids is 1. The van der Waals surface area contributed by atoms with Crippen LogP contribution >= 0.6 is 0 Å². The number of ether oxygens (including phenoxy) is 1. The number of anilines is 1. The topological polar surface area (TPSA) is 64.4 Å². The second-order valence-electron chi connectivity index (χ2n) is 6.19. The number of nitrogens with zero attached hydrogens (tertiary/aromatic N) is 1. The molecule has 0 radical (unpaired) electrons. The molecule has 4 aromatic rings. The van der Waals surface area contributed by atoms with E-state index in [1.54, 1.807) is 19.1 Å². The van der Waals surface area contributed by atoms with Crippen molar-refractivity contribution in [1.82, 2.24) is 5.16 Å². The molecule has 0 fully saturated rings. The predicted molar refractivity (Wildman–Crippen MR) is 108 cm³/mol. The Hall–Kier alpha value is -3.86. The van der Waals surface area contributed by atoms with Gasteiger partial charge in [-0.3, -0.25) is 4.79 Å². The van der Waals surface area contributed by atoms with Crippen molar-refractivity contribution in [3.63, 3.8) is 0 Å². The summed E-state index contributed by atoms with van der Waals surface area (Å²) in [7, 11) is 0. The Labute approximate surface area is 162 Å².